The maximum atomic E-state index is 3.55. The Balaban J connectivity index is 2.06. The first-order valence-corrected chi connectivity index (χ1v) is 7.78. The lowest BCUT2D eigenvalue weighted by atomic mass is 10.1. The quantitative estimate of drug-likeness (QED) is 0.422. The van der Waals surface area contributed by atoms with E-state index in [9.17, 15) is 0 Å². The first-order chi connectivity index (χ1) is 10.9. The number of nitrogens with zero attached hydrogens (tertiary/aromatic N) is 1. The molecule has 0 spiro atoms. The van der Waals surface area contributed by atoms with Crippen LogP contribution in [0.3, 0.4) is 0 Å². The van der Waals surface area contributed by atoms with Gasteiger partial charge in [-0.25, -0.2) is 0 Å². The molecule has 2 nitrogen and oxygen atoms in total. The molecular formula is C20H16N2. The lowest BCUT2D eigenvalue weighted by Gasteiger charge is -2.02. The minimum Gasteiger partial charge on any atom is -0.354 e. The summed E-state index contributed by atoms with van der Waals surface area (Å²) in [5, 5.41) is 5.27. The molecule has 2 heteroatoms. The van der Waals surface area contributed by atoms with Crippen LogP contribution in [-0.2, 0) is 6.54 Å². The second-order valence-corrected chi connectivity index (χ2v) is 5.85. The lowest BCUT2D eigenvalue weighted by Crippen LogP contribution is -1.92. The van der Waals surface area contributed by atoms with Gasteiger partial charge in [-0.2, -0.15) is 0 Å². The monoisotopic (exact) mass is 284 g/mol. The number of hydrogen-bond acceptors (Lipinski definition) is 0. The molecule has 0 radical (unpaired) electrons. The summed E-state index contributed by atoms with van der Waals surface area (Å²) >= 11 is 0. The Hall–Kier alpha value is -2.74. The van der Waals surface area contributed by atoms with Crippen molar-refractivity contribution in [1.82, 2.24) is 9.55 Å². The van der Waals surface area contributed by atoms with Gasteiger partial charge >= 0.3 is 0 Å². The fourth-order valence-electron chi connectivity index (χ4n) is 3.73. The van der Waals surface area contributed by atoms with E-state index in [-0.39, 0.29) is 0 Å². The van der Waals surface area contributed by atoms with E-state index in [1.165, 1.54) is 43.6 Å². The number of aromatic amines is 1. The molecule has 5 aromatic rings. The van der Waals surface area contributed by atoms with Crippen LogP contribution in [0.2, 0.25) is 0 Å². The van der Waals surface area contributed by atoms with Crippen LogP contribution < -0.4 is 0 Å². The highest BCUT2D eigenvalue weighted by Crippen LogP contribution is 2.34. The third kappa shape index (κ3) is 1.39. The molecule has 0 saturated carbocycles. The van der Waals surface area contributed by atoms with Gasteiger partial charge in [-0.05, 0) is 31.2 Å². The molecular weight excluding hydrogens is 268 g/mol. The molecule has 0 aliphatic rings. The number of hydrogen-bond donors (Lipinski definition) is 1. The number of aryl methyl sites for hydroxylation is 1. The molecule has 0 saturated heterocycles. The van der Waals surface area contributed by atoms with Crippen molar-refractivity contribution in [2.45, 2.75) is 13.5 Å². The molecule has 0 amide bonds. The van der Waals surface area contributed by atoms with Gasteiger partial charge < -0.3 is 9.55 Å². The number of aromatic nitrogens is 2. The van der Waals surface area contributed by atoms with Crippen molar-refractivity contribution in [2.24, 2.45) is 0 Å². The summed E-state index contributed by atoms with van der Waals surface area (Å²) in [6.45, 7) is 3.20. The van der Waals surface area contributed by atoms with Gasteiger partial charge in [-0.1, -0.05) is 36.4 Å². The predicted octanol–water partition coefficient (Wildman–Crippen LogP) is 5.45. The summed E-state index contributed by atoms with van der Waals surface area (Å²) in [7, 11) is 0. The van der Waals surface area contributed by atoms with E-state index in [0.29, 0.717) is 0 Å². The van der Waals surface area contributed by atoms with Gasteiger partial charge in [-0.15, -0.1) is 0 Å². The summed E-state index contributed by atoms with van der Waals surface area (Å²) < 4.78 is 2.41. The number of benzene rings is 3. The number of fused-ring (bicyclic) bond motifs is 6. The van der Waals surface area contributed by atoms with Crippen LogP contribution in [-0.4, -0.2) is 9.55 Å². The summed E-state index contributed by atoms with van der Waals surface area (Å²) in [6, 6.07) is 21.8. The van der Waals surface area contributed by atoms with Crippen LogP contribution in [0.4, 0.5) is 0 Å². The van der Waals surface area contributed by atoms with Gasteiger partial charge in [0, 0.05) is 50.2 Å². The van der Waals surface area contributed by atoms with Gasteiger partial charge in [0.05, 0.1) is 0 Å². The van der Waals surface area contributed by atoms with Crippen LogP contribution in [0.1, 0.15) is 6.92 Å². The third-order valence-corrected chi connectivity index (χ3v) is 4.71. The van der Waals surface area contributed by atoms with Crippen LogP contribution >= 0.6 is 0 Å². The Bertz CT molecular complexity index is 1160. The summed E-state index contributed by atoms with van der Waals surface area (Å²) in [5.41, 5.74) is 5.06. The molecule has 0 aliphatic carbocycles. The van der Waals surface area contributed by atoms with Crippen LogP contribution in [0.5, 0.6) is 0 Å². The molecule has 22 heavy (non-hydrogen) atoms. The molecule has 0 unspecified atom stereocenters. The standard InChI is InChI=1S/C20H16N2/c1-2-22-19-10-6-4-8-14(19)16-11-18-15(12-20(16)22)13-7-3-5-9-17(13)21-18/h3-12,21H,2H2,1H3. The van der Waals surface area contributed by atoms with Crippen molar-refractivity contribution in [3.05, 3.63) is 60.7 Å². The highest BCUT2D eigenvalue weighted by Gasteiger charge is 2.12. The lowest BCUT2D eigenvalue weighted by molar-refractivity contribution is 0.827. The minimum atomic E-state index is 0.984. The molecule has 0 fully saturated rings. The summed E-state index contributed by atoms with van der Waals surface area (Å²) in [6.07, 6.45) is 0. The normalized spacial score (nSPS) is 12.0. The average Bonchev–Trinajstić information content (AvgIpc) is 3.07. The van der Waals surface area contributed by atoms with Gasteiger partial charge in [0.2, 0.25) is 0 Å². The SMILES string of the molecule is CCn1c2ccccc2c2cc3[nH]c4ccccc4c3cc21. The molecule has 1 N–H and O–H groups in total. The molecule has 3 aromatic carbocycles. The molecule has 5 rings (SSSR count). The maximum Gasteiger partial charge on any atom is 0.0499 e. The minimum absolute atomic E-state index is 0.984. The first-order valence-electron chi connectivity index (χ1n) is 7.78. The maximum absolute atomic E-state index is 3.55. The molecule has 2 aromatic heterocycles. The molecule has 0 aliphatic heterocycles. The molecule has 0 bridgehead atoms. The van der Waals surface area contributed by atoms with Crippen molar-refractivity contribution < 1.29 is 0 Å². The van der Waals surface area contributed by atoms with E-state index < -0.39 is 0 Å². The van der Waals surface area contributed by atoms with E-state index in [1.807, 2.05) is 0 Å². The summed E-state index contributed by atoms with van der Waals surface area (Å²) in [5.74, 6) is 0. The van der Waals surface area contributed by atoms with Crippen molar-refractivity contribution in [3.8, 4) is 0 Å². The van der Waals surface area contributed by atoms with E-state index >= 15 is 0 Å². The van der Waals surface area contributed by atoms with Crippen LogP contribution in [0.25, 0.3) is 43.6 Å². The van der Waals surface area contributed by atoms with Crippen molar-refractivity contribution in [2.75, 3.05) is 0 Å². The first kappa shape index (κ1) is 11.9. The Morgan fingerprint density at radius 3 is 2.36 bits per heavy atom. The van der Waals surface area contributed by atoms with Crippen molar-refractivity contribution in [3.63, 3.8) is 0 Å². The Kier molecular flexibility index (Phi) is 2.23. The zero-order valence-electron chi connectivity index (χ0n) is 12.4. The van der Waals surface area contributed by atoms with E-state index in [0.717, 1.165) is 6.54 Å². The van der Waals surface area contributed by atoms with Gasteiger partial charge in [0.1, 0.15) is 0 Å². The largest absolute Gasteiger partial charge is 0.354 e. The number of para-hydroxylation sites is 2. The fourth-order valence-corrected chi connectivity index (χ4v) is 3.73. The topological polar surface area (TPSA) is 20.7 Å². The van der Waals surface area contributed by atoms with Gasteiger partial charge in [-0.3, -0.25) is 0 Å². The van der Waals surface area contributed by atoms with Crippen molar-refractivity contribution in [1.29, 1.82) is 0 Å². The number of H-pyrrole nitrogens is 1. The van der Waals surface area contributed by atoms with Gasteiger partial charge in [0.25, 0.3) is 0 Å². The fraction of sp³-hybridized carbons (Fsp3) is 0.100. The highest BCUT2D eigenvalue weighted by atomic mass is 15.0. The van der Waals surface area contributed by atoms with Crippen LogP contribution in [0, 0.1) is 0 Å². The van der Waals surface area contributed by atoms with E-state index in [4.69, 9.17) is 0 Å². The van der Waals surface area contributed by atoms with Crippen LogP contribution in [0.15, 0.2) is 60.7 Å². The molecule has 106 valence electrons. The average molecular weight is 284 g/mol. The second-order valence-electron chi connectivity index (χ2n) is 5.85. The smallest absolute Gasteiger partial charge is 0.0499 e. The van der Waals surface area contributed by atoms with E-state index in [1.54, 1.807) is 0 Å². The Labute approximate surface area is 128 Å². The molecule has 2 heterocycles. The zero-order chi connectivity index (χ0) is 14.7. The Morgan fingerprint density at radius 1 is 0.727 bits per heavy atom. The summed E-state index contributed by atoms with van der Waals surface area (Å²) in [4.78, 5) is 3.55. The molecule has 0 atom stereocenters. The van der Waals surface area contributed by atoms with Gasteiger partial charge in [0.15, 0.2) is 0 Å². The zero-order valence-corrected chi connectivity index (χ0v) is 12.4. The number of nitrogens with one attached hydrogen (secondary N) is 1. The highest BCUT2D eigenvalue weighted by molar-refractivity contribution is 6.17. The predicted molar refractivity (Wildman–Crippen MR) is 94.5 cm³/mol. The third-order valence-electron chi connectivity index (χ3n) is 4.71. The number of rotatable bonds is 1. The van der Waals surface area contributed by atoms with Crippen molar-refractivity contribution >= 4 is 43.6 Å². The Morgan fingerprint density at radius 2 is 1.50 bits per heavy atom. The van der Waals surface area contributed by atoms with E-state index in [2.05, 4.69) is 77.1 Å². The second kappa shape index (κ2) is 4.14.